The average Bonchev–Trinajstić information content (AvgIpc) is 3.26. The molecule has 5 rings (SSSR count). The summed E-state index contributed by atoms with van der Waals surface area (Å²) < 4.78 is 30.8. The third-order valence-electron chi connectivity index (χ3n) is 6.06. The van der Waals surface area contributed by atoms with Crippen molar-refractivity contribution in [1.82, 2.24) is 19.9 Å². The molecule has 156 valence electrons. The van der Waals surface area contributed by atoms with Crippen LogP contribution in [0.2, 0.25) is 0 Å². The Labute approximate surface area is 171 Å². The van der Waals surface area contributed by atoms with E-state index in [-0.39, 0.29) is 34.7 Å². The molecule has 9 heteroatoms. The lowest BCUT2D eigenvalue weighted by atomic mass is 9.91. The lowest BCUT2D eigenvalue weighted by Crippen LogP contribution is -2.43. The van der Waals surface area contributed by atoms with Gasteiger partial charge in [0.2, 0.25) is 0 Å². The second-order valence-electron chi connectivity index (χ2n) is 8.04. The van der Waals surface area contributed by atoms with Gasteiger partial charge in [0.25, 0.3) is 5.91 Å². The molecule has 7 nitrogen and oxygen atoms in total. The van der Waals surface area contributed by atoms with Crippen LogP contribution in [0.25, 0.3) is 16.8 Å². The molecule has 0 saturated heterocycles. The van der Waals surface area contributed by atoms with Crippen LogP contribution in [0, 0.1) is 11.6 Å². The Bertz CT molecular complexity index is 1160. The highest BCUT2D eigenvalue weighted by Crippen LogP contribution is 2.39. The van der Waals surface area contributed by atoms with Crippen LogP contribution < -0.4 is 16.4 Å². The van der Waals surface area contributed by atoms with E-state index in [1.807, 2.05) is 0 Å². The van der Waals surface area contributed by atoms with E-state index in [4.69, 9.17) is 5.73 Å². The van der Waals surface area contributed by atoms with Gasteiger partial charge in [-0.05, 0) is 25.8 Å². The van der Waals surface area contributed by atoms with Crippen molar-refractivity contribution in [2.75, 3.05) is 5.32 Å². The summed E-state index contributed by atoms with van der Waals surface area (Å²) in [4.78, 5) is 17.1. The molecule has 3 aromatic heterocycles. The minimum absolute atomic E-state index is 0.0604. The largest absolute Gasteiger partial charge is 0.363 e. The van der Waals surface area contributed by atoms with Crippen LogP contribution in [0.3, 0.4) is 0 Å². The van der Waals surface area contributed by atoms with Crippen LogP contribution in [-0.4, -0.2) is 32.6 Å². The van der Waals surface area contributed by atoms with Gasteiger partial charge >= 0.3 is 0 Å². The summed E-state index contributed by atoms with van der Waals surface area (Å²) in [6.45, 7) is 1.72. The Kier molecular flexibility index (Phi) is 4.43. The first-order valence-electron chi connectivity index (χ1n) is 10.1. The Morgan fingerprint density at radius 1 is 1.30 bits per heavy atom. The van der Waals surface area contributed by atoms with Crippen molar-refractivity contribution >= 4 is 17.2 Å². The fraction of sp³-hybridized carbons (Fsp3) is 0.381. The fourth-order valence-corrected chi connectivity index (χ4v) is 4.50. The minimum atomic E-state index is -0.556. The molecule has 3 aromatic rings. The number of hydrogen-bond acceptors (Lipinski definition) is 5. The molecule has 0 bridgehead atoms. The van der Waals surface area contributed by atoms with Crippen molar-refractivity contribution in [3.8, 4) is 11.3 Å². The van der Waals surface area contributed by atoms with E-state index in [0.29, 0.717) is 11.1 Å². The van der Waals surface area contributed by atoms with E-state index < -0.39 is 23.6 Å². The Hall–Kier alpha value is -3.07. The zero-order valence-corrected chi connectivity index (χ0v) is 16.5. The number of nitrogens with one attached hydrogen (secondary N) is 2. The number of amides is 1. The number of carbonyl (C=O) groups is 1. The molecule has 1 amide bonds. The summed E-state index contributed by atoms with van der Waals surface area (Å²) in [5.41, 5.74) is 7.84. The number of fused-ring (bicyclic) bond motifs is 2. The first-order chi connectivity index (χ1) is 14.4. The van der Waals surface area contributed by atoms with E-state index in [1.54, 1.807) is 6.92 Å². The maximum absolute atomic E-state index is 15.4. The van der Waals surface area contributed by atoms with Gasteiger partial charge in [-0.15, -0.1) is 0 Å². The highest BCUT2D eigenvalue weighted by molar-refractivity contribution is 6.06. The van der Waals surface area contributed by atoms with Gasteiger partial charge in [0.1, 0.15) is 5.82 Å². The molecule has 0 spiro atoms. The highest BCUT2D eigenvalue weighted by Gasteiger charge is 2.36. The van der Waals surface area contributed by atoms with Gasteiger partial charge in [-0.3, -0.25) is 4.79 Å². The standard InChI is InChI=1S/C21H22F2N6O/c1-10-16-17(21(30)26-10)19(12-9-25-29-7-6-11(22)8-15(12)29)28-20(18(16)23)27-14-5-3-2-4-13(14)24/h6-10,13-14H,2-5,24H2,1H3,(H,26,30)(H,27,28)/t10-,13-,14+/m0/s1. The molecule has 2 aliphatic rings. The molecule has 1 aliphatic heterocycles. The molecular formula is C21H22F2N6O. The van der Waals surface area contributed by atoms with Crippen molar-refractivity contribution in [2.45, 2.75) is 50.7 Å². The quantitative estimate of drug-likeness (QED) is 0.614. The summed E-state index contributed by atoms with van der Waals surface area (Å²) >= 11 is 0. The molecule has 0 unspecified atom stereocenters. The molecule has 0 aromatic carbocycles. The Balaban J connectivity index is 1.70. The number of nitrogens with two attached hydrogens (primary N) is 1. The molecule has 3 atom stereocenters. The third kappa shape index (κ3) is 2.92. The number of halogens is 2. The maximum atomic E-state index is 15.4. The van der Waals surface area contributed by atoms with Gasteiger partial charge < -0.3 is 16.4 Å². The number of rotatable bonds is 3. The molecular weight excluding hydrogens is 390 g/mol. The van der Waals surface area contributed by atoms with Gasteiger partial charge in [-0.1, -0.05) is 12.8 Å². The Morgan fingerprint density at radius 2 is 2.10 bits per heavy atom. The first kappa shape index (κ1) is 18.9. The van der Waals surface area contributed by atoms with Gasteiger partial charge in [-0.25, -0.2) is 18.3 Å². The fourth-order valence-electron chi connectivity index (χ4n) is 4.50. The highest BCUT2D eigenvalue weighted by atomic mass is 19.1. The average molecular weight is 412 g/mol. The van der Waals surface area contributed by atoms with E-state index in [2.05, 4.69) is 20.7 Å². The van der Waals surface area contributed by atoms with Gasteiger partial charge in [-0.2, -0.15) is 5.10 Å². The number of aromatic nitrogens is 3. The Morgan fingerprint density at radius 3 is 2.90 bits per heavy atom. The van der Waals surface area contributed by atoms with Crippen molar-refractivity contribution in [3.63, 3.8) is 0 Å². The number of carbonyl (C=O) groups excluding carboxylic acids is 1. The maximum Gasteiger partial charge on any atom is 0.254 e. The zero-order valence-electron chi connectivity index (χ0n) is 16.5. The number of anilines is 1. The number of hydrogen-bond donors (Lipinski definition) is 3. The van der Waals surface area contributed by atoms with Crippen molar-refractivity contribution in [2.24, 2.45) is 5.73 Å². The van der Waals surface area contributed by atoms with Crippen molar-refractivity contribution in [3.05, 3.63) is 47.3 Å². The first-order valence-corrected chi connectivity index (χ1v) is 10.1. The predicted molar refractivity (Wildman–Crippen MR) is 108 cm³/mol. The van der Waals surface area contributed by atoms with Gasteiger partial charge in [0, 0.05) is 35.5 Å². The van der Waals surface area contributed by atoms with Crippen molar-refractivity contribution in [1.29, 1.82) is 0 Å². The van der Waals surface area contributed by atoms with Crippen LogP contribution in [0.4, 0.5) is 14.6 Å². The van der Waals surface area contributed by atoms with Gasteiger partial charge in [0.15, 0.2) is 11.6 Å². The minimum Gasteiger partial charge on any atom is -0.363 e. The van der Waals surface area contributed by atoms with Crippen LogP contribution in [-0.2, 0) is 0 Å². The van der Waals surface area contributed by atoms with E-state index in [1.165, 1.54) is 29.0 Å². The second kappa shape index (κ2) is 7.02. The number of pyridine rings is 2. The van der Waals surface area contributed by atoms with E-state index in [0.717, 1.165) is 25.7 Å². The summed E-state index contributed by atoms with van der Waals surface area (Å²) in [6, 6.07) is 1.90. The van der Waals surface area contributed by atoms with E-state index in [9.17, 15) is 9.18 Å². The van der Waals surface area contributed by atoms with Gasteiger partial charge in [0.05, 0.1) is 29.0 Å². The molecule has 30 heavy (non-hydrogen) atoms. The third-order valence-corrected chi connectivity index (χ3v) is 6.06. The monoisotopic (exact) mass is 412 g/mol. The summed E-state index contributed by atoms with van der Waals surface area (Å²) in [7, 11) is 0. The number of nitrogens with zero attached hydrogens (tertiary/aromatic N) is 3. The molecule has 1 saturated carbocycles. The van der Waals surface area contributed by atoms with Crippen molar-refractivity contribution < 1.29 is 13.6 Å². The molecule has 1 fully saturated rings. The smallest absolute Gasteiger partial charge is 0.254 e. The lowest BCUT2D eigenvalue weighted by Gasteiger charge is -2.30. The van der Waals surface area contributed by atoms with Crippen LogP contribution >= 0.6 is 0 Å². The molecule has 4 N–H and O–H groups in total. The topological polar surface area (TPSA) is 97.3 Å². The van der Waals surface area contributed by atoms with Crippen LogP contribution in [0.5, 0.6) is 0 Å². The zero-order chi connectivity index (χ0) is 21.0. The van der Waals surface area contributed by atoms with Crippen LogP contribution in [0.15, 0.2) is 24.5 Å². The second-order valence-corrected chi connectivity index (χ2v) is 8.04. The normalized spacial score (nSPS) is 23.5. The molecule has 4 heterocycles. The van der Waals surface area contributed by atoms with Crippen LogP contribution in [0.1, 0.15) is 54.6 Å². The summed E-state index contributed by atoms with van der Waals surface area (Å²) in [5, 5.41) is 10.2. The summed E-state index contributed by atoms with van der Waals surface area (Å²) in [6.07, 6.45) is 6.75. The lowest BCUT2D eigenvalue weighted by molar-refractivity contribution is 0.0959. The molecule has 0 radical (unpaired) electrons. The SMILES string of the molecule is C[C@@H]1NC(=O)c2c(-c3cnn4ccc(F)cc34)nc(N[C@@H]3CCCC[C@@H]3N)c(F)c21. The predicted octanol–water partition coefficient (Wildman–Crippen LogP) is 3.16. The van der Waals surface area contributed by atoms with E-state index >= 15 is 4.39 Å². The summed E-state index contributed by atoms with van der Waals surface area (Å²) in [5.74, 6) is -1.34. The molecule has 1 aliphatic carbocycles.